The molecule has 0 bridgehead atoms. The first-order valence-electron chi connectivity index (χ1n) is 6.56. The molecule has 0 aliphatic rings. The van der Waals surface area contributed by atoms with Crippen LogP contribution in [0.2, 0.25) is 0 Å². The first kappa shape index (κ1) is 14.7. The summed E-state index contributed by atoms with van der Waals surface area (Å²) in [7, 11) is 1.79. The number of Topliss-reactive ketones (excluding diaryl/α,β-unsaturated/α-hetero) is 1. The van der Waals surface area contributed by atoms with Gasteiger partial charge in [-0.1, -0.05) is 18.2 Å². The van der Waals surface area contributed by atoms with Gasteiger partial charge in [-0.3, -0.25) is 4.79 Å². The Kier molecular flexibility index (Phi) is 4.68. The minimum absolute atomic E-state index is 0.0630. The van der Waals surface area contributed by atoms with E-state index in [2.05, 4.69) is 0 Å². The topological polar surface area (TPSA) is 44.1 Å². The van der Waals surface area contributed by atoms with Crippen LogP contribution in [0, 0.1) is 17.1 Å². The summed E-state index contributed by atoms with van der Waals surface area (Å²) in [6.45, 7) is 0.195. The molecule has 21 heavy (non-hydrogen) atoms. The third-order valence-electron chi connectivity index (χ3n) is 3.20. The molecule has 2 aromatic rings. The highest BCUT2D eigenvalue weighted by atomic mass is 19.1. The van der Waals surface area contributed by atoms with E-state index in [-0.39, 0.29) is 24.6 Å². The second-order valence-corrected chi connectivity index (χ2v) is 4.82. The Labute approximate surface area is 123 Å². The van der Waals surface area contributed by atoms with Crippen molar-refractivity contribution in [2.45, 2.75) is 6.42 Å². The Balaban J connectivity index is 1.99. The molecule has 0 spiro atoms. The maximum absolute atomic E-state index is 13.5. The highest BCUT2D eigenvalue weighted by Gasteiger charge is 2.11. The lowest BCUT2D eigenvalue weighted by Gasteiger charge is -2.18. The van der Waals surface area contributed by atoms with E-state index in [9.17, 15) is 9.18 Å². The van der Waals surface area contributed by atoms with E-state index >= 15 is 0 Å². The van der Waals surface area contributed by atoms with Gasteiger partial charge in [0.2, 0.25) is 0 Å². The van der Waals surface area contributed by atoms with Gasteiger partial charge in [0.1, 0.15) is 5.82 Å². The molecule has 0 fully saturated rings. The van der Waals surface area contributed by atoms with E-state index in [1.165, 1.54) is 6.07 Å². The van der Waals surface area contributed by atoms with Crippen LogP contribution in [0.3, 0.4) is 0 Å². The van der Waals surface area contributed by atoms with Crippen LogP contribution in [0.1, 0.15) is 11.1 Å². The number of rotatable bonds is 5. The van der Waals surface area contributed by atoms with Gasteiger partial charge >= 0.3 is 0 Å². The van der Waals surface area contributed by atoms with Crippen LogP contribution in [0.25, 0.3) is 0 Å². The van der Waals surface area contributed by atoms with Crippen LogP contribution in [0.4, 0.5) is 10.1 Å². The van der Waals surface area contributed by atoms with E-state index in [1.54, 1.807) is 54.4 Å². The van der Waals surface area contributed by atoms with Gasteiger partial charge in [0.25, 0.3) is 0 Å². The zero-order valence-electron chi connectivity index (χ0n) is 11.7. The lowest BCUT2D eigenvalue weighted by atomic mass is 10.1. The number of likely N-dealkylation sites (N-methyl/N-ethyl adjacent to an activating group) is 1. The van der Waals surface area contributed by atoms with Crippen LogP contribution in [-0.4, -0.2) is 19.4 Å². The van der Waals surface area contributed by atoms with Gasteiger partial charge in [0, 0.05) is 19.2 Å². The van der Waals surface area contributed by atoms with Crippen molar-refractivity contribution in [3.63, 3.8) is 0 Å². The molecule has 0 radical (unpaired) electrons. The Hall–Kier alpha value is -2.67. The van der Waals surface area contributed by atoms with Gasteiger partial charge in [-0.15, -0.1) is 0 Å². The largest absolute Gasteiger partial charge is 0.367 e. The molecular weight excluding hydrogens is 267 g/mol. The van der Waals surface area contributed by atoms with Gasteiger partial charge in [-0.2, -0.15) is 5.26 Å². The normalized spacial score (nSPS) is 9.95. The number of hydrogen-bond acceptors (Lipinski definition) is 3. The minimum atomic E-state index is -0.355. The Morgan fingerprint density at radius 3 is 2.48 bits per heavy atom. The molecule has 0 unspecified atom stereocenters. The van der Waals surface area contributed by atoms with Crippen molar-refractivity contribution in [1.82, 2.24) is 0 Å². The molecule has 0 atom stereocenters. The Bertz CT molecular complexity index is 674. The van der Waals surface area contributed by atoms with Gasteiger partial charge < -0.3 is 4.90 Å². The average Bonchev–Trinajstić information content (AvgIpc) is 2.49. The smallest absolute Gasteiger partial charge is 0.156 e. The van der Waals surface area contributed by atoms with E-state index in [4.69, 9.17) is 5.26 Å². The number of anilines is 1. The number of nitrogens with zero attached hydrogens (tertiary/aromatic N) is 2. The van der Waals surface area contributed by atoms with Crippen molar-refractivity contribution in [1.29, 1.82) is 5.26 Å². The summed E-state index contributed by atoms with van der Waals surface area (Å²) in [6, 6.07) is 15.3. The van der Waals surface area contributed by atoms with Crippen LogP contribution < -0.4 is 4.90 Å². The number of ketones is 1. The summed E-state index contributed by atoms with van der Waals surface area (Å²) < 4.78 is 13.5. The molecule has 0 aromatic heterocycles. The number of carbonyl (C=O) groups excluding carboxylic acids is 1. The molecule has 0 N–H and O–H groups in total. The second-order valence-electron chi connectivity index (χ2n) is 4.82. The fraction of sp³-hybridized carbons (Fsp3) is 0.176. The van der Waals surface area contributed by atoms with E-state index in [0.717, 1.165) is 5.69 Å². The number of nitriles is 1. The molecule has 0 heterocycles. The van der Waals surface area contributed by atoms with E-state index in [1.807, 2.05) is 6.07 Å². The second kappa shape index (κ2) is 6.67. The minimum Gasteiger partial charge on any atom is -0.367 e. The molecule has 0 amide bonds. The maximum atomic E-state index is 13.5. The highest BCUT2D eigenvalue weighted by Crippen LogP contribution is 2.14. The third kappa shape index (κ3) is 3.90. The summed E-state index contributed by atoms with van der Waals surface area (Å²) in [4.78, 5) is 13.8. The fourth-order valence-corrected chi connectivity index (χ4v) is 2.06. The lowest BCUT2D eigenvalue weighted by molar-refractivity contribution is -0.117. The zero-order chi connectivity index (χ0) is 15.2. The monoisotopic (exact) mass is 282 g/mol. The molecule has 2 rings (SSSR count). The van der Waals surface area contributed by atoms with Crippen molar-refractivity contribution >= 4 is 11.5 Å². The SMILES string of the molecule is CN(CC(=O)Cc1ccccc1F)c1ccc(C#N)cc1. The van der Waals surface area contributed by atoms with E-state index in [0.29, 0.717) is 11.1 Å². The number of hydrogen-bond donors (Lipinski definition) is 0. The first-order chi connectivity index (χ1) is 10.1. The van der Waals surface area contributed by atoms with E-state index < -0.39 is 0 Å². The van der Waals surface area contributed by atoms with Crippen molar-refractivity contribution < 1.29 is 9.18 Å². The fourth-order valence-electron chi connectivity index (χ4n) is 2.06. The number of carbonyl (C=O) groups is 1. The quantitative estimate of drug-likeness (QED) is 0.847. The van der Waals surface area contributed by atoms with Crippen molar-refractivity contribution in [2.24, 2.45) is 0 Å². The Morgan fingerprint density at radius 2 is 1.86 bits per heavy atom. The van der Waals surface area contributed by atoms with Crippen molar-refractivity contribution in [3.05, 3.63) is 65.5 Å². The molecule has 0 saturated heterocycles. The van der Waals surface area contributed by atoms with Crippen LogP contribution in [0.5, 0.6) is 0 Å². The van der Waals surface area contributed by atoms with Gasteiger partial charge in [-0.25, -0.2) is 4.39 Å². The molecule has 0 aliphatic heterocycles. The summed E-state index contributed by atoms with van der Waals surface area (Å²) in [5, 5.41) is 8.75. The molecule has 4 heteroatoms. The molecule has 106 valence electrons. The predicted octanol–water partition coefficient (Wildman–Crippen LogP) is 2.95. The lowest BCUT2D eigenvalue weighted by Crippen LogP contribution is -2.26. The Morgan fingerprint density at radius 1 is 1.19 bits per heavy atom. The number of halogens is 1. The van der Waals surface area contributed by atoms with Crippen LogP contribution >= 0.6 is 0 Å². The van der Waals surface area contributed by atoms with Crippen molar-refractivity contribution in [2.75, 3.05) is 18.5 Å². The summed E-state index contributed by atoms with van der Waals surface area (Å²) in [5.74, 6) is -0.418. The van der Waals surface area contributed by atoms with Gasteiger partial charge in [0.05, 0.1) is 18.2 Å². The van der Waals surface area contributed by atoms with Crippen LogP contribution in [-0.2, 0) is 11.2 Å². The molecule has 3 nitrogen and oxygen atoms in total. The summed E-state index contributed by atoms with van der Waals surface area (Å²) in [5.41, 5.74) is 1.83. The molecular formula is C17H15FN2O. The molecule has 0 aliphatic carbocycles. The highest BCUT2D eigenvalue weighted by molar-refractivity contribution is 5.85. The third-order valence-corrected chi connectivity index (χ3v) is 3.20. The van der Waals surface area contributed by atoms with Crippen LogP contribution in [0.15, 0.2) is 48.5 Å². The average molecular weight is 282 g/mol. The maximum Gasteiger partial charge on any atom is 0.156 e. The molecule has 2 aromatic carbocycles. The summed E-state index contributed by atoms with van der Waals surface area (Å²) >= 11 is 0. The van der Waals surface area contributed by atoms with Gasteiger partial charge in [0.15, 0.2) is 5.78 Å². The van der Waals surface area contributed by atoms with Gasteiger partial charge in [-0.05, 0) is 35.9 Å². The standard InChI is InChI=1S/C17H15FN2O/c1-20(15-8-6-13(11-19)7-9-15)12-16(21)10-14-4-2-3-5-17(14)18/h2-9H,10,12H2,1H3. The van der Waals surface area contributed by atoms with Crippen molar-refractivity contribution in [3.8, 4) is 6.07 Å². The predicted molar refractivity (Wildman–Crippen MR) is 79.5 cm³/mol. The molecule has 0 saturated carbocycles. The first-order valence-corrected chi connectivity index (χ1v) is 6.56. The number of benzene rings is 2. The summed E-state index contributed by atoms with van der Waals surface area (Å²) in [6.07, 6.45) is 0.0767. The zero-order valence-corrected chi connectivity index (χ0v) is 11.7.